The van der Waals surface area contributed by atoms with Crippen molar-refractivity contribution in [1.82, 2.24) is 0 Å². The molecule has 0 aromatic heterocycles. The second kappa shape index (κ2) is 9.53. The fourth-order valence-electron chi connectivity index (χ4n) is 1.61. The van der Waals surface area contributed by atoms with Gasteiger partial charge in [-0.15, -0.1) is 5.56 Å². The van der Waals surface area contributed by atoms with Crippen LogP contribution in [0.4, 0.5) is 11.4 Å². The van der Waals surface area contributed by atoms with E-state index in [0.29, 0.717) is 5.69 Å². The maximum atomic E-state index is 10.4. The molecule has 0 atom stereocenters. The number of aliphatic imine (C=N–C) groups is 1. The molecule has 0 unspecified atom stereocenters. The molecular formula is C17H14N2O2Ru. The van der Waals surface area contributed by atoms with Crippen molar-refractivity contribution >= 4 is 17.6 Å². The third kappa shape index (κ3) is 5.94. The van der Waals surface area contributed by atoms with E-state index >= 15 is 0 Å². The molecule has 0 spiro atoms. The first-order chi connectivity index (χ1) is 10.3. The standard InChI is InChI=1S/C12H9N2O2.C5H5.Ru/c15-14(16)12-7-5-11(6-8-12)13-9-10-3-1-2-4-10;1-2-4-5-3-1;/h1-9H;1-5H;/q2*-1;+2. The molecule has 0 saturated heterocycles. The minimum Gasteiger partial charge on any atom is -0.269 e. The van der Waals surface area contributed by atoms with Gasteiger partial charge in [0.1, 0.15) is 0 Å². The molecule has 0 aliphatic carbocycles. The quantitative estimate of drug-likeness (QED) is 0.222. The predicted octanol–water partition coefficient (Wildman–Crippen LogP) is 4.47. The molecule has 0 aliphatic heterocycles. The van der Waals surface area contributed by atoms with Gasteiger partial charge in [0.05, 0.1) is 10.6 Å². The zero-order valence-electron chi connectivity index (χ0n) is 11.6. The van der Waals surface area contributed by atoms with E-state index in [1.807, 2.05) is 54.6 Å². The summed E-state index contributed by atoms with van der Waals surface area (Å²) in [6, 6.07) is 23.9. The smallest absolute Gasteiger partial charge is 0.269 e. The Morgan fingerprint density at radius 3 is 2.09 bits per heavy atom. The Morgan fingerprint density at radius 1 is 1.05 bits per heavy atom. The Labute approximate surface area is 141 Å². The van der Waals surface area contributed by atoms with Crippen molar-refractivity contribution < 1.29 is 24.4 Å². The number of benzene rings is 1. The molecule has 0 radical (unpaired) electrons. The second-order valence-electron chi connectivity index (χ2n) is 4.21. The van der Waals surface area contributed by atoms with Gasteiger partial charge in [-0.2, -0.15) is 30.3 Å². The molecule has 4 nitrogen and oxygen atoms in total. The summed E-state index contributed by atoms with van der Waals surface area (Å²) >= 11 is 0. The molecule has 0 bridgehead atoms. The van der Waals surface area contributed by atoms with Crippen molar-refractivity contribution in [1.29, 1.82) is 0 Å². The largest absolute Gasteiger partial charge is 2.00 e. The van der Waals surface area contributed by atoms with Gasteiger partial charge >= 0.3 is 19.5 Å². The van der Waals surface area contributed by atoms with Gasteiger partial charge in [-0.3, -0.25) is 15.1 Å². The van der Waals surface area contributed by atoms with E-state index in [1.165, 1.54) is 12.1 Å². The number of hydrogen-bond acceptors (Lipinski definition) is 3. The maximum Gasteiger partial charge on any atom is 2.00 e. The number of rotatable bonds is 3. The summed E-state index contributed by atoms with van der Waals surface area (Å²) < 4.78 is 0. The second-order valence-corrected chi connectivity index (χ2v) is 4.21. The van der Waals surface area contributed by atoms with Crippen LogP contribution < -0.4 is 0 Å². The third-order valence-corrected chi connectivity index (χ3v) is 2.67. The first-order valence-corrected chi connectivity index (χ1v) is 6.42. The SMILES string of the molecule is O=[N+]([O-])c1ccc(N=C[c-]2cccc2)cc1.[Ru+2].c1cc[cH-]c1. The molecule has 0 N–H and O–H groups in total. The zero-order chi connectivity index (χ0) is 14.9. The summed E-state index contributed by atoms with van der Waals surface area (Å²) in [7, 11) is 0. The molecule has 3 aromatic rings. The molecule has 0 fully saturated rings. The first kappa shape index (κ1) is 17.7. The number of nitrogens with zero attached hydrogens (tertiary/aromatic N) is 2. The van der Waals surface area contributed by atoms with Crippen LogP contribution in [-0.2, 0) is 19.5 Å². The monoisotopic (exact) mass is 380 g/mol. The van der Waals surface area contributed by atoms with Crippen LogP contribution in [0.3, 0.4) is 0 Å². The Morgan fingerprint density at radius 2 is 1.64 bits per heavy atom. The third-order valence-electron chi connectivity index (χ3n) is 2.67. The number of nitro groups is 1. The molecular weight excluding hydrogens is 365 g/mol. The Kier molecular flexibility index (Phi) is 7.65. The molecule has 3 rings (SSSR count). The minimum absolute atomic E-state index is 0. The molecule has 22 heavy (non-hydrogen) atoms. The van der Waals surface area contributed by atoms with E-state index in [1.54, 1.807) is 18.3 Å². The Balaban J connectivity index is 0.000000344. The van der Waals surface area contributed by atoms with E-state index in [-0.39, 0.29) is 25.2 Å². The van der Waals surface area contributed by atoms with E-state index in [2.05, 4.69) is 4.99 Å². The van der Waals surface area contributed by atoms with E-state index in [4.69, 9.17) is 0 Å². The predicted molar refractivity (Wildman–Crippen MR) is 84.4 cm³/mol. The van der Waals surface area contributed by atoms with Gasteiger partial charge in [0, 0.05) is 12.1 Å². The molecule has 3 aromatic carbocycles. The van der Waals surface area contributed by atoms with Crippen molar-refractivity contribution in [2.45, 2.75) is 0 Å². The Bertz CT molecular complexity index is 655. The summed E-state index contributed by atoms with van der Waals surface area (Å²) in [4.78, 5) is 14.2. The topological polar surface area (TPSA) is 55.5 Å². The summed E-state index contributed by atoms with van der Waals surface area (Å²) in [5.74, 6) is 0. The molecule has 0 saturated carbocycles. The number of nitro benzene ring substituents is 1. The molecule has 5 heteroatoms. The minimum atomic E-state index is -0.426. The molecule has 112 valence electrons. The normalized spacial score (nSPS) is 9.64. The molecule has 0 amide bonds. The van der Waals surface area contributed by atoms with Gasteiger partial charge < -0.3 is 0 Å². The van der Waals surface area contributed by atoms with Crippen molar-refractivity contribution in [2.24, 2.45) is 4.99 Å². The average molecular weight is 379 g/mol. The van der Waals surface area contributed by atoms with E-state index < -0.39 is 4.92 Å². The fourth-order valence-corrected chi connectivity index (χ4v) is 1.61. The van der Waals surface area contributed by atoms with Crippen molar-refractivity contribution in [2.75, 3.05) is 0 Å². The summed E-state index contributed by atoms with van der Waals surface area (Å²) in [5.41, 5.74) is 1.79. The van der Waals surface area contributed by atoms with Crippen molar-refractivity contribution in [3.63, 3.8) is 0 Å². The van der Waals surface area contributed by atoms with Crippen LogP contribution in [0.5, 0.6) is 0 Å². The number of non-ortho nitro benzene ring substituents is 1. The van der Waals surface area contributed by atoms with Gasteiger partial charge in [0.15, 0.2) is 0 Å². The van der Waals surface area contributed by atoms with Crippen LogP contribution in [0, 0.1) is 10.1 Å². The first-order valence-electron chi connectivity index (χ1n) is 6.42. The van der Waals surface area contributed by atoms with Crippen LogP contribution in [0.2, 0.25) is 0 Å². The Hall–Kier alpha value is -2.39. The van der Waals surface area contributed by atoms with Gasteiger partial charge in [-0.25, -0.2) is 24.3 Å². The van der Waals surface area contributed by atoms with Crippen LogP contribution in [-0.4, -0.2) is 11.1 Å². The van der Waals surface area contributed by atoms with E-state index in [9.17, 15) is 10.1 Å². The molecule has 0 aliphatic rings. The van der Waals surface area contributed by atoms with Crippen LogP contribution in [0.25, 0.3) is 0 Å². The van der Waals surface area contributed by atoms with Crippen LogP contribution in [0.1, 0.15) is 5.56 Å². The van der Waals surface area contributed by atoms with Gasteiger partial charge in [-0.05, 0) is 18.3 Å². The van der Waals surface area contributed by atoms with Crippen molar-refractivity contribution in [3.8, 4) is 0 Å². The summed E-state index contributed by atoms with van der Waals surface area (Å²) in [6.07, 6.45) is 1.72. The molecule has 0 heterocycles. The fraction of sp³-hybridized carbons (Fsp3) is 0. The average Bonchev–Trinajstić information content (AvgIpc) is 3.21. The zero-order valence-corrected chi connectivity index (χ0v) is 13.4. The van der Waals surface area contributed by atoms with Gasteiger partial charge in [0.25, 0.3) is 5.69 Å². The van der Waals surface area contributed by atoms with Crippen molar-refractivity contribution in [3.05, 3.63) is 94.5 Å². The van der Waals surface area contributed by atoms with Crippen LogP contribution in [0.15, 0.2) is 83.9 Å². The summed E-state index contributed by atoms with van der Waals surface area (Å²) in [6.45, 7) is 0. The van der Waals surface area contributed by atoms with Crippen LogP contribution >= 0.6 is 0 Å². The number of hydrogen-bond donors (Lipinski definition) is 0. The van der Waals surface area contributed by atoms with Gasteiger partial charge in [0.2, 0.25) is 0 Å². The maximum absolute atomic E-state index is 10.4. The van der Waals surface area contributed by atoms with Gasteiger partial charge in [-0.1, -0.05) is 0 Å². The summed E-state index contributed by atoms with van der Waals surface area (Å²) in [5, 5.41) is 10.4. The van der Waals surface area contributed by atoms with E-state index in [0.717, 1.165) is 5.56 Å².